The number of amides is 1. The van der Waals surface area contributed by atoms with Crippen LogP contribution in [0.1, 0.15) is 39.7 Å². The summed E-state index contributed by atoms with van der Waals surface area (Å²) in [6, 6.07) is 3.78. The molecule has 0 atom stereocenters. The summed E-state index contributed by atoms with van der Waals surface area (Å²) in [5.74, 6) is 1.10. The van der Waals surface area contributed by atoms with E-state index in [2.05, 4.69) is 16.9 Å². The van der Waals surface area contributed by atoms with Gasteiger partial charge in [0.15, 0.2) is 5.96 Å². The molecule has 0 radical (unpaired) electrons. The zero-order valence-corrected chi connectivity index (χ0v) is 19.5. The van der Waals surface area contributed by atoms with Gasteiger partial charge in [0, 0.05) is 38.4 Å². The molecule has 9 heteroatoms. The summed E-state index contributed by atoms with van der Waals surface area (Å²) in [5, 5.41) is 0. The van der Waals surface area contributed by atoms with Crippen LogP contribution in [0.2, 0.25) is 0 Å². The highest BCUT2D eigenvalue weighted by Crippen LogP contribution is 2.12. The van der Waals surface area contributed by atoms with Crippen LogP contribution in [0.15, 0.2) is 23.3 Å². The lowest BCUT2D eigenvalue weighted by Gasteiger charge is -2.36. The van der Waals surface area contributed by atoms with Crippen LogP contribution in [0.3, 0.4) is 0 Å². The highest BCUT2D eigenvalue weighted by Gasteiger charge is 2.26. The highest BCUT2D eigenvalue weighted by atomic mass is 127. The Morgan fingerprint density at radius 1 is 1.21 bits per heavy atom. The molecule has 0 unspecified atom stereocenters. The normalized spacial score (nSPS) is 15.1. The molecular weight excluding hydrogens is 473 g/mol. The van der Waals surface area contributed by atoms with E-state index in [1.54, 1.807) is 11.1 Å². The minimum atomic E-state index is -0.486. The fourth-order valence-electron chi connectivity index (χ4n) is 2.51. The van der Waals surface area contributed by atoms with Gasteiger partial charge in [0.25, 0.3) is 0 Å². The average molecular weight is 505 g/mol. The maximum atomic E-state index is 12.1. The van der Waals surface area contributed by atoms with Gasteiger partial charge < -0.3 is 25.0 Å². The lowest BCUT2D eigenvalue weighted by Crippen LogP contribution is -2.53. The number of rotatable bonds is 5. The number of nitrogens with zero attached hydrogens (tertiary/aromatic N) is 4. The summed E-state index contributed by atoms with van der Waals surface area (Å²) < 4.78 is 10.9. The Labute approximate surface area is 184 Å². The monoisotopic (exact) mass is 505 g/mol. The second-order valence-corrected chi connectivity index (χ2v) is 7.48. The highest BCUT2D eigenvalue weighted by molar-refractivity contribution is 14.0. The number of carbonyl (C=O) groups is 1. The molecule has 1 aliphatic rings. The van der Waals surface area contributed by atoms with Crippen molar-refractivity contribution in [2.24, 2.45) is 10.7 Å². The Balaban J connectivity index is 0.00000392. The van der Waals surface area contributed by atoms with E-state index in [1.807, 2.05) is 37.8 Å². The second-order valence-electron chi connectivity index (χ2n) is 7.48. The van der Waals surface area contributed by atoms with Gasteiger partial charge in [-0.3, -0.25) is 0 Å². The molecule has 28 heavy (non-hydrogen) atoms. The first-order valence-electron chi connectivity index (χ1n) is 9.39. The summed E-state index contributed by atoms with van der Waals surface area (Å²) in [7, 11) is 0. The van der Waals surface area contributed by atoms with Gasteiger partial charge in [-0.25, -0.2) is 14.8 Å². The second kappa shape index (κ2) is 11.3. The Kier molecular flexibility index (Phi) is 9.77. The van der Waals surface area contributed by atoms with Crippen molar-refractivity contribution in [3.63, 3.8) is 0 Å². The van der Waals surface area contributed by atoms with E-state index in [0.29, 0.717) is 51.2 Å². The molecule has 0 saturated carbocycles. The Bertz CT molecular complexity index is 638. The molecule has 0 aromatic carbocycles. The Morgan fingerprint density at radius 3 is 2.39 bits per heavy atom. The largest absolute Gasteiger partial charge is 0.478 e. The number of hydrogen-bond acceptors (Lipinski definition) is 5. The van der Waals surface area contributed by atoms with E-state index in [1.165, 1.54) is 0 Å². The quantitative estimate of drug-likeness (QED) is 0.376. The van der Waals surface area contributed by atoms with E-state index in [-0.39, 0.29) is 30.1 Å². The van der Waals surface area contributed by atoms with Crippen molar-refractivity contribution in [2.75, 3.05) is 32.8 Å². The predicted octanol–water partition coefficient (Wildman–Crippen LogP) is 2.86. The number of ether oxygens (including phenoxy) is 2. The third-order valence-corrected chi connectivity index (χ3v) is 3.93. The molecule has 1 saturated heterocycles. The van der Waals surface area contributed by atoms with Gasteiger partial charge in [0.2, 0.25) is 5.88 Å². The van der Waals surface area contributed by atoms with Gasteiger partial charge in [-0.2, -0.15) is 0 Å². The van der Waals surface area contributed by atoms with Crippen LogP contribution in [0, 0.1) is 0 Å². The maximum Gasteiger partial charge on any atom is 0.410 e. The number of hydrogen-bond donors (Lipinski definition) is 1. The van der Waals surface area contributed by atoms with Gasteiger partial charge in [0.1, 0.15) is 5.60 Å². The van der Waals surface area contributed by atoms with Crippen molar-refractivity contribution in [2.45, 2.75) is 46.3 Å². The number of pyridine rings is 1. The van der Waals surface area contributed by atoms with Crippen molar-refractivity contribution in [3.05, 3.63) is 23.9 Å². The molecule has 2 heterocycles. The molecule has 2 rings (SSSR count). The molecule has 1 aromatic rings. The van der Waals surface area contributed by atoms with Gasteiger partial charge in [-0.05, 0) is 32.8 Å². The minimum absolute atomic E-state index is 0. The van der Waals surface area contributed by atoms with Crippen LogP contribution in [0.5, 0.6) is 5.88 Å². The third-order valence-electron chi connectivity index (χ3n) is 3.93. The molecular formula is C19H32IN5O3. The molecule has 0 aliphatic carbocycles. The lowest BCUT2D eigenvalue weighted by molar-refractivity contribution is 0.0186. The van der Waals surface area contributed by atoms with Crippen LogP contribution < -0.4 is 10.5 Å². The number of carbonyl (C=O) groups excluding carboxylic acids is 1. The van der Waals surface area contributed by atoms with E-state index in [9.17, 15) is 4.79 Å². The number of nitrogens with two attached hydrogens (primary N) is 1. The van der Waals surface area contributed by atoms with E-state index < -0.39 is 5.60 Å². The van der Waals surface area contributed by atoms with Crippen LogP contribution in [-0.4, -0.2) is 65.2 Å². The van der Waals surface area contributed by atoms with Gasteiger partial charge in [-0.1, -0.05) is 13.0 Å². The Morgan fingerprint density at radius 2 is 1.86 bits per heavy atom. The Hall–Kier alpha value is -1.78. The molecule has 2 N–H and O–H groups in total. The van der Waals surface area contributed by atoms with Crippen LogP contribution in [0.4, 0.5) is 4.79 Å². The minimum Gasteiger partial charge on any atom is -0.478 e. The molecule has 1 aromatic heterocycles. The van der Waals surface area contributed by atoms with Gasteiger partial charge in [0.05, 0.1) is 13.2 Å². The topological polar surface area (TPSA) is 93.3 Å². The fraction of sp³-hybridized carbons (Fsp3) is 0.632. The summed E-state index contributed by atoms with van der Waals surface area (Å²) in [5.41, 5.74) is 6.59. The van der Waals surface area contributed by atoms with Gasteiger partial charge >= 0.3 is 6.09 Å². The SMILES string of the molecule is CCCOc1ccc(CN=C(N)N2CCN(C(=O)OC(C)(C)C)CC2)cn1.I. The van der Waals surface area contributed by atoms with Gasteiger partial charge in [-0.15, -0.1) is 24.0 Å². The summed E-state index contributed by atoms with van der Waals surface area (Å²) >= 11 is 0. The zero-order valence-electron chi connectivity index (χ0n) is 17.2. The first-order chi connectivity index (χ1) is 12.8. The average Bonchev–Trinajstić information content (AvgIpc) is 2.64. The molecule has 158 valence electrons. The first-order valence-corrected chi connectivity index (χ1v) is 9.39. The van der Waals surface area contributed by atoms with Crippen molar-refractivity contribution in [1.82, 2.24) is 14.8 Å². The third kappa shape index (κ3) is 8.07. The van der Waals surface area contributed by atoms with Crippen molar-refractivity contribution < 1.29 is 14.3 Å². The van der Waals surface area contributed by atoms with Crippen molar-refractivity contribution in [1.29, 1.82) is 0 Å². The number of halogens is 1. The van der Waals surface area contributed by atoms with Crippen molar-refractivity contribution >= 4 is 36.0 Å². The van der Waals surface area contributed by atoms with E-state index in [4.69, 9.17) is 15.2 Å². The van der Waals surface area contributed by atoms with Crippen LogP contribution in [-0.2, 0) is 11.3 Å². The number of aromatic nitrogens is 1. The fourth-order valence-corrected chi connectivity index (χ4v) is 2.51. The zero-order chi connectivity index (χ0) is 19.9. The molecule has 0 bridgehead atoms. The van der Waals surface area contributed by atoms with Crippen LogP contribution >= 0.6 is 24.0 Å². The maximum absolute atomic E-state index is 12.1. The molecule has 1 amide bonds. The number of guanidine groups is 1. The summed E-state index contributed by atoms with van der Waals surface area (Å²) in [6.07, 6.45) is 2.42. The standard InChI is InChI=1S/C19H31N5O3.HI/c1-5-12-26-16-7-6-15(13-21-16)14-22-17(20)23-8-10-24(11-9-23)18(25)27-19(2,3)4;/h6-7,13H,5,8-12,14H2,1-4H3,(H2,20,22);1H. The summed E-state index contributed by atoms with van der Waals surface area (Å²) in [6.45, 7) is 11.2. The lowest BCUT2D eigenvalue weighted by atomic mass is 10.2. The molecule has 1 fully saturated rings. The van der Waals surface area contributed by atoms with Crippen molar-refractivity contribution in [3.8, 4) is 5.88 Å². The number of aliphatic imine (C=N–C) groups is 1. The number of piperazine rings is 1. The first kappa shape index (κ1) is 24.3. The van der Waals surface area contributed by atoms with E-state index >= 15 is 0 Å². The van der Waals surface area contributed by atoms with E-state index in [0.717, 1.165) is 12.0 Å². The molecule has 0 spiro atoms. The summed E-state index contributed by atoms with van der Waals surface area (Å²) in [4.78, 5) is 24.5. The smallest absolute Gasteiger partial charge is 0.410 e. The molecule has 1 aliphatic heterocycles. The van der Waals surface area contributed by atoms with Crippen LogP contribution in [0.25, 0.3) is 0 Å². The molecule has 8 nitrogen and oxygen atoms in total. The predicted molar refractivity (Wildman–Crippen MR) is 120 cm³/mol.